The Morgan fingerprint density at radius 2 is 2.35 bits per heavy atom. The minimum Gasteiger partial charge on any atom is -0.399 e. The fourth-order valence-electron chi connectivity index (χ4n) is 2.80. The Kier molecular flexibility index (Phi) is 2.39. The van der Waals surface area contributed by atoms with Crippen LogP contribution in [0.3, 0.4) is 0 Å². The lowest BCUT2D eigenvalue weighted by atomic mass is 9.95. The van der Waals surface area contributed by atoms with E-state index < -0.39 is 0 Å². The van der Waals surface area contributed by atoms with E-state index in [1.165, 1.54) is 23.1 Å². The molecule has 88 valence electrons. The lowest BCUT2D eigenvalue weighted by Gasteiger charge is -2.10. The monoisotopic (exact) mass is 227 g/mol. The Bertz CT molecular complexity index is 542. The molecule has 1 aromatic carbocycles. The summed E-state index contributed by atoms with van der Waals surface area (Å²) in [4.78, 5) is 0. The third-order valence-corrected chi connectivity index (χ3v) is 3.61. The van der Waals surface area contributed by atoms with Crippen LogP contribution >= 0.6 is 0 Å². The van der Waals surface area contributed by atoms with E-state index >= 15 is 0 Å². The number of aryl methyl sites for hydroxylation is 2. The maximum absolute atomic E-state index is 5.82. The molecule has 0 amide bonds. The number of hydrogen-bond acceptors (Lipinski definition) is 2. The molecule has 0 bridgehead atoms. The van der Waals surface area contributed by atoms with Crippen molar-refractivity contribution in [3.63, 3.8) is 0 Å². The molecule has 3 rings (SSSR count). The van der Waals surface area contributed by atoms with Crippen molar-refractivity contribution in [1.29, 1.82) is 0 Å². The number of aromatic nitrogens is 2. The highest BCUT2D eigenvalue weighted by Crippen LogP contribution is 2.36. The normalized spacial score (nSPS) is 18.3. The quantitative estimate of drug-likeness (QED) is 0.800. The van der Waals surface area contributed by atoms with Gasteiger partial charge in [-0.25, -0.2) is 0 Å². The molecule has 17 heavy (non-hydrogen) atoms. The zero-order valence-electron chi connectivity index (χ0n) is 10.1. The van der Waals surface area contributed by atoms with Gasteiger partial charge in [0, 0.05) is 18.9 Å². The number of nitrogens with zero attached hydrogens (tertiary/aromatic N) is 2. The summed E-state index contributed by atoms with van der Waals surface area (Å²) in [6, 6.07) is 6.33. The molecule has 1 unspecified atom stereocenters. The molecule has 0 saturated carbocycles. The molecule has 0 spiro atoms. The van der Waals surface area contributed by atoms with Crippen molar-refractivity contribution in [2.45, 2.75) is 25.2 Å². The van der Waals surface area contributed by atoms with E-state index in [0.717, 1.165) is 18.5 Å². The van der Waals surface area contributed by atoms with Crippen LogP contribution in [0, 0.1) is 0 Å². The molecule has 0 aliphatic heterocycles. The van der Waals surface area contributed by atoms with Crippen LogP contribution in [0.4, 0.5) is 5.69 Å². The first kappa shape index (κ1) is 10.4. The lowest BCUT2D eigenvalue weighted by molar-refractivity contribution is 0.673. The zero-order chi connectivity index (χ0) is 11.8. The Balaban J connectivity index is 1.84. The summed E-state index contributed by atoms with van der Waals surface area (Å²) in [6.07, 6.45) is 7.55. The van der Waals surface area contributed by atoms with Crippen molar-refractivity contribution in [2.24, 2.45) is 7.05 Å². The number of nitrogens with two attached hydrogens (primary N) is 1. The van der Waals surface area contributed by atoms with Crippen molar-refractivity contribution < 1.29 is 0 Å². The van der Waals surface area contributed by atoms with Crippen molar-refractivity contribution in [1.82, 2.24) is 9.78 Å². The van der Waals surface area contributed by atoms with Crippen LogP contribution in [0.15, 0.2) is 30.6 Å². The van der Waals surface area contributed by atoms with E-state index in [1.807, 2.05) is 24.0 Å². The van der Waals surface area contributed by atoms with Gasteiger partial charge in [0.15, 0.2) is 0 Å². The van der Waals surface area contributed by atoms with Crippen molar-refractivity contribution in [2.75, 3.05) is 5.73 Å². The van der Waals surface area contributed by atoms with Gasteiger partial charge in [-0.15, -0.1) is 0 Å². The van der Waals surface area contributed by atoms with Gasteiger partial charge >= 0.3 is 0 Å². The van der Waals surface area contributed by atoms with Crippen LogP contribution in [0.2, 0.25) is 0 Å². The molecular formula is C14H17N3. The summed E-state index contributed by atoms with van der Waals surface area (Å²) in [5.41, 5.74) is 10.9. The van der Waals surface area contributed by atoms with Gasteiger partial charge in [-0.2, -0.15) is 5.10 Å². The maximum atomic E-state index is 5.82. The van der Waals surface area contributed by atoms with Gasteiger partial charge in [0.25, 0.3) is 0 Å². The predicted octanol–water partition coefficient (Wildman–Crippen LogP) is 2.27. The average molecular weight is 227 g/mol. The Labute approximate surface area is 101 Å². The van der Waals surface area contributed by atoms with Gasteiger partial charge in [-0.3, -0.25) is 4.68 Å². The smallest absolute Gasteiger partial charge is 0.0521 e. The van der Waals surface area contributed by atoms with Crippen molar-refractivity contribution in [3.05, 3.63) is 47.3 Å². The topological polar surface area (TPSA) is 43.8 Å². The van der Waals surface area contributed by atoms with Crippen LogP contribution in [0.5, 0.6) is 0 Å². The van der Waals surface area contributed by atoms with Gasteiger partial charge in [0.1, 0.15) is 0 Å². The molecule has 3 nitrogen and oxygen atoms in total. The number of benzene rings is 1. The highest BCUT2D eigenvalue weighted by molar-refractivity contribution is 5.48. The third kappa shape index (κ3) is 1.93. The third-order valence-electron chi connectivity index (χ3n) is 3.61. The molecule has 1 aliphatic carbocycles. The van der Waals surface area contributed by atoms with Crippen molar-refractivity contribution in [3.8, 4) is 0 Å². The number of nitrogen functional groups attached to an aromatic ring is 1. The summed E-state index contributed by atoms with van der Waals surface area (Å²) in [5, 5.41) is 4.23. The predicted molar refractivity (Wildman–Crippen MR) is 68.8 cm³/mol. The minimum atomic E-state index is 0.634. The van der Waals surface area contributed by atoms with E-state index in [-0.39, 0.29) is 0 Å². The molecule has 0 radical (unpaired) electrons. The van der Waals surface area contributed by atoms with E-state index in [1.54, 1.807) is 0 Å². The number of rotatable bonds is 2. The molecule has 2 N–H and O–H groups in total. The van der Waals surface area contributed by atoms with E-state index in [9.17, 15) is 0 Å². The van der Waals surface area contributed by atoms with Gasteiger partial charge < -0.3 is 5.73 Å². The second-order valence-electron chi connectivity index (χ2n) is 4.92. The molecule has 0 fully saturated rings. The van der Waals surface area contributed by atoms with Crippen molar-refractivity contribution >= 4 is 5.69 Å². The Hall–Kier alpha value is -1.77. The van der Waals surface area contributed by atoms with Crippen LogP contribution in [0.25, 0.3) is 0 Å². The Morgan fingerprint density at radius 3 is 3.12 bits per heavy atom. The van der Waals surface area contributed by atoms with E-state index in [0.29, 0.717) is 5.92 Å². The number of hydrogen-bond donors (Lipinski definition) is 1. The largest absolute Gasteiger partial charge is 0.399 e. The Morgan fingerprint density at radius 1 is 1.47 bits per heavy atom. The highest BCUT2D eigenvalue weighted by Gasteiger charge is 2.22. The van der Waals surface area contributed by atoms with Gasteiger partial charge in [-0.1, -0.05) is 6.07 Å². The van der Waals surface area contributed by atoms with E-state index in [4.69, 9.17) is 5.73 Å². The molecule has 1 heterocycles. The van der Waals surface area contributed by atoms with Gasteiger partial charge in [0.2, 0.25) is 0 Å². The fraction of sp³-hybridized carbons (Fsp3) is 0.357. The second kappa shape index (κ2) is 3.91. The van der Waals surface area contributed by atoms with Gasteiger partial charge in [-0.05, 0) is 54.0 Å². The number of anilines is 1. The zero-order valence-corrected chi connectivity index (χ0v) is 10.1. The molecule has 1 aromatic heterocycles. The van der Waals surface area contributed by atoms with Crippen LogP contribution in [-0.2, 0) is 19.9 Å². The minimum absolute atomic E-state index is 0.634. The molecule has 0 saturated heterocycles. The first-order valence-electron chi connectivity index (χ1n) is 6.08. The van der Waals surface area contributed by atoms with Gasteiger partial charge in [0.05, 0.1) is 6.20 Å². The molecule has 2 aromatic rings. The standard InChI is InChI=1S/C14H17N3/c1-17-9-10(8-16-17)6-11-2-3-12-7-13(15)4-5-14(11)12/h4-5,7-9,11H,2-3,6,15H2,1H3. The maximum Gasteiger partial charge on any atom is 0.0521 e. The SMILES string of the molecule is Cn1cc(CC2CCc3cc(N)ccc32)cn1. The van der Waals surface area contributed by atoms with Crippen LogP contribution < -0.4 is 5.73 Å². The summed E-state index contributed by atoms with van der Waals surface area (Å²) in [7, 11) is 1.97. The average Bonchev–Trinajstić information content (AvgIpc) is 2.86. The second-order valence-corrected chi connectivity index (χ2v) is 4.92. The number of fused-ring (bicyclic) bond motifs is 1. The fourth-order valence-corrected chi connectivity index (χ4v) is 2.80. The molecule has 3 heteroatoms. The molecule has 1 aliphatic rings. The first-order chi connectivity index (χ1) is 8.22. The lowest BCUT2D eigenvalue weighted by Crippen LogP contribution is -1.98. The summed E-state index contributed by atoms with van der Waals surface area (Å²) in [5.74, 6) is 0.634. The molecular weight excluding hydrogens is 210 g/mol. The summed E-state index contributed by atoms with van der Waals surface area (Å²) < 4.78 is 1.87. The summed E-state index contributed by atoms with van der Waals surface area (Å²) in [6.45, 7) is 0. The molecule has 1 atom stereocenters. The first-order valence-corrected chi connectivity index (χ1v) is 6.08. The van der Waals surface area contributed by atoms with E-state index in [2.05, 4.69) is 23.4 Å². The summed E-state index contributed by atoms with van der Waals surface area (Å²) >= 11 is 0. The van der Waals surface area contributed by atoms with Crippen LogP contribution in [-0.4, -0.2) is 9.78 Å². The highest BCUT2D eigenvalue weighted by atomic mass is 15.2. The van der Waals surface area contributed by atoms with Crippen LogP contribution in [0.1, 0.15) is 29.0 Å².